The fourth-order valence-corrected chi connectivity index (χ4v) is 6.30. The maximum Gasteiger partial charge on any atom is 0.231 e. The smallest absolute Gasteiger partial charge is 0.153 e. The van der Waals surface area contributed by atoms with Crippen molar-refractivity contribution in [2.75, 3.05) is 0 Å². The average molecular weight is 601 g/mol. The lowest BCUT2D eigenvalue weighted by atomic mass is 9.77. The standard InChI is InChI=1S/C39H51ClNS/c1-24-25(2)42-23-41(24)35-33(26-15-28(36(3,4)5)19-29(16-26)37(6,7)8)21-32(40)22-34(35)27-17-30(38(9,10)11)20-31(18-27)39(12,13)14/h15-23H,1-14H3/q+1. The largest absolute Gasteiger partial charge is 0.231 e. The highest BCUT2D eigenvalue weighted by Gasteiger charge is 2.30. The van der Waals surface area contributed by atoms with E-state index in [0.29, 0.717) is 0 Å². The Kier molecular flexibility index (Phi) is 8.46. The van der Waals surface area contributed by atoms with E-state index in [9.17, 15) is 0 Å². The summed E-state index contributed by atoms with van der Waals surface area (Å²) < 4.78 is 2.39. The Hall–Kier alpha value is -2.42. The molecule has 224 valence electrons. The minimum Gasteiger partial charge on any atom is -0.153 e. The first-order valence-corrected chi connectivity index (χ1v) is 16.5. The summed E-state index contributed by atoms with van der Waals surface area (Å²) in [5, 5.41) is 0.755. The van der Waals surface area contributed by atoms with E-state index in [-0.39, 0.29) is 21.7 Å². The SMILES string of the molecule is Cc1sc[n+](-c2c(-c3cc(C(C)(C)C)cc(C(C)(C)C)c3)cc(Cl)cc2-c2cc(C(C)(C)C)cc(C(C)(C)C)c2)c1C. The maximum atomic E-state index is 7.07. The van der Waals surface area contributed by atoms with E-state index in [0.717, 1.165) is 5.02 Å². The Morgan fingerprint density at radius 1 is 0.524 bits per heavy atom. The first kappa shape index (κ1) is 32.5. The zero-order chi connectivity index (χ0) is 31.6. The van der Waals surface area contributed by atoms with Crippen LogP contribution in [0.3, 0.4) is 0 Å². The van der Waals surface area contributed by atoms with Gasteiger partial charge in [0.15, 0.2) is 5.69 Å². The lowest BCUT2D eigenvalue weighted by molar-refractivity contribution is -0.596. The number of rotatable bonds is 3. The molecule has 42 heavy (non-hydrogen) atoms. The number of nitrogens with zero attached hydrogens (tertiary/aromatic N) is 1. The fourth-order valence-electron chi connectivity index (χ4n) is 5.28. The first-order chi connectivity index (χ1) is 19.1. The first-order valence-electron chi connectivity index (χ1n) is 15.2. The Labute approximate surface area is 265 Å². The van der Waals surface area contributed by atoms with Crippen LogP contribution in [0.5, 0.6) is 0 Å². The van der Waals surface area contributed by atoms with E-state index in [1.54, 1.807) is 11.3 Å². The van der Waals surface area contributed by atoms with Gasteiger partial charge in [0, 0.05) is 11.9 Å². The Morgan fingerprint density at radius 2 is 0.857 bits per heavy atom. The topological polar surface area (TPSA) is 3.88 Å². The van der Waals surface area contributed by atoms with Gasteiger partial charge in [-0.05, 0) is 74.1 Å². The third-order valence-electron chi connectivity index (χ3n) is 8.47. The van der Waals surface area contributed by atoms with Crippen LogP contribution in [0, 0.1) is 13.8 Å². The van der Waals surface area contributed by atoms with Crippen LogP contribution < -0.4 is 4.57 Å². The highest BCUT2D eigenvalue weighted by molar-refractivity contribution is 7.09. The van der Waals surface area contributed by atoms with Crippen molar-refractivity contribution in [1.29, 1.82) is 0 Å². The molecule has 0 unspecified atom stereocenters. The number of hydrogen-bond acceptors (Lipinski definition) is 1. The molecule has 3 heteroatoms. The quantitative estimate of drug-likeness (QED) is 0.206. The van der Waals surface area contributed by atoms with Gasteiger partial charge in [-0.3, -0.25) is 0 Å². The van der Waals surface area contributed by atoms with E-state index in [2.05, 4.69) is 156 Å². The van der Waals surface area contributed by atoms with Crippen molar-refractivity contribution in [3.05, 3.63) is 91.9 Å². The molecule has 0 saturated carbocycles. The second kappa shape index (κ2) is 10.9. The van der Waals surface area contributed by atoms with Crippen molar-refractivity contribution in [3.8, 4) is 27.9 Å². The molecule has 0 bridgehead atoms. The summed E-state index contributed by atoms with van der Waals surface area (Å²) in [4.78, 5) is 1.32. The second-order valence-corrected chi connectivity index (χ2v) is 17.7. The molecule has 4 rings (SSSR count). The molecule has 0 N–H and O–H groups in total. The van der Waals surface area contributed by atoms with Crippen LogP contribution in [0.1, 0.15) is 116 Å². The molecular weight excluding hydrogens is 550 g/mol. The van der Waals surface area contributed by atoms with Gasteiger partial charge in [0.1, 0.15) is 0 Å². The summed E-state index contributed by atoms with van der Waals surface area (Å²) in [5.41, 5.74) is 14.9. The zero-order valence-electron chi connectivity index (χ0n) is 28.4. The van der Waals surface area contributed by atoms with Crippen LogP contribution in [0.4, 0.5) is 0 Å². The van der Waals surface area contributed by atoms with Crippen molar-refractivity contribution in [1.82, 2.24) is 0 Å². The molecule has 0 aliphatic carbocycles. The van der Waals surface area contributed by atoms with Gasteiger partial charge in [0.2, 0.25) is 11.2 Å². The number of benzene rings is 3. The summed E-state index contributed by atoms with van der Waals surface area (Å²) in [6.07, 6.45) is 0. The van der Waals surface area contributed by atoms with Crippen molar-refractivity contribution >= 4 is 22.9 Å². The number of thiazole rings is 1. The Balaban J connectivity index is 2.19. The number of hydrogen-bond donors (Lipinski definition) is 0. The predicted octanol–water partition coefficient (Wildman–Crippen LogP) is 11.8. The summed E-state index contributed by atoms with van der Waals surface area (Å²) in [6.45, 7) is 32.1. The van der Waals surface area contributed by atoms with Crippen LogP contribution in [0.15, 0.2) is 54.0 Å². The van der Waals surface area contributed by atoms with Crippen LogP contribution in [0.25, 0.3) is 27.9 Å². The number of aryl methyl sites for hydroxylation is 1. The van der Waals surface area contributed by atoms with Gasteiger partial charge in [-0.15, -0.1) is 0 Å². The minimum absolute atomic E-state index is 0.0161. The lowest BCUT2D eigenvalue weighted by Crippen LogP contribution is -2.33. The molecule has 1 aromatic heterocycles. The average Bonchev–Trinajstić information content (AvgIpc) is 3.18. The van der Waals surface area contributed by atoms with Crippen LogP contribution in [0.2, 0.25) is 5.02 Å². The van der Waals surface area contributed by atoms with Crippen LogP contribution >= 0.6 is 22.9 Å². The van der Waals surface area contributed by atoms with Crippen LogP contribution in [-0.4, -0.2) is 0 Å². The van der Waals surface area contributed by atoms with E-state index >= 15 is 0 Å². The summed E-state index contributed by atoms with van der Waals surface area (Å²) >= 11 is 8.86. The molecule has 0 radical (unpaired) electrons. The predicted molar refractivity (Wildman–Crippen MR) is 186 cm³/mol. The molecule has 4 aromatic rings. The molecule has 0 aliphatic rings. The molecule has 1 nitrogen and oxygen atoms in total. The summed E-state index contributed by atoms with van der Waals surface area (Å²) in [7, 11) is 0. The van der Waals surface area contributed by atoms with E-state index in [1.807, 2.05) is 0 Å². The zero-order valence-corrected chi connectivity index (χ0v) is 30.0. The normalized spacial score (nSPS) is 13.1. The van der Waals surface area contributed by atoms with Gasteiger partial charge in [-0.1, -0.05) is 142 Å². The second-order valence-electron chi connectivity index (χ2n) is 16.2. The molecule has 3 aromatic carbocycles. The third kappa shape index (κ3) is 6.71. The van der Waals surface area contributed by atoms with E-state index in [1.165, 1.54) is 60.8 Å². The highest BCUT2D eigenvalue weighted by Crippen LogP contribution is 2.42. The highest BCUT2D eigenvalue weighted by atomic mass is 35.5. The van der Waals surface area contributed by atoms with Gasteiger partial charge in [-0.2, -0.15) is 4.57 Å². The van der Waals surface area contributed by atoms with Crippen molar-refractivity contribution in [2.24, 2.45) is 0 Å². The van der Waals surface area contributed by atoms with Gasteiger partial charge in [-0.25, -0.2) is 0 Å². The van der Waals surface area contributed by atoms with E-state index < -0.39 is 0 Å². The maximum absolute atomic E-state index is 7.07. The molecular formula is C39H51ClNS+. The summed E-state index contributed by atoms with van der Waals surface area (Å²) in [5.74, 6) is 0. The lowest BCUT2D eigenvalue weighted by Gasteiger charge is -2.27. The molecule has 0 fully saturated rings. The minimum atomic E-state index is 0.0161. The van der Waals surface area contributed by atoms with Gasteiger partial charge in [0.05, 0.1) is 16.0 Å². The number of aromatic nitrogens is 1. The molecule has 0 amide bonds. The molecule has 1 heterocycles. The van der Waals surface area contributed by atoms with Gasteiger partial charge in [0.25, 0.3) is 0 Å². The molecule has 0 saturated heterocycles. The monoisotopic (exact) mass is 600 g/mol. The third-order valence-corrected chi connectivity index (χ3v) is 9.66. The number of halogens is 1. The van der Waals surface area contributed by atoms with Gasteiger partial charge < -0.3 is 0 Å². The van der Waals surface area contributed by atoms with Crippen molar-refractivity contribution in [3.63, 3.8) is 0 Å². The van der Waals surface area contributed by atoms with Crippen molar-refractivity contribution < 1.29 is 4.57 Å². The molecule has 0 aliphatic heterocycles. The van der Waals surface area contributed by atoms with Crippen molar-refractivity contribution in [2.45, 2.75) is 119 Å². The Bertz CT molecular complexity index is 1460. The van der Waals surface area contributed by atoms with Gasteiger partial charge >= 0.3 is 0 Å². The van der Waals surface area contributed by atoms with E-state index in [4.69, 9.17) is 11.6 Å². The molecule has 0 atom stereocenters. The summed E-state index contributed by atoms with van der Waals surface area (Å²) in [6, 6.07) is 18.7. The molecule has 0 spiro atoms. The Morgan fingerprint density at radius 3 is 1.12 bits per heavy atom. The van der Waals surface area contributed by atoms with Crippen LogP contribution in [-0.2, 0) is 21.7 Å². The fraction of sp³-hybridized carbons (Fsp3) is 0.462.